The largest absolute Gasteiger partial charge is 0.323 e. The van der Waals surface area contributed by atoms with Crippen LogP contribution in [0.25, 0.3) is 5.69 Å². The lowest BCUT2D eigenvalue weighted by Gasteiger charge is -2.24. The third kappa shape index (κ3) is 4.08. The van der Waals surface area contributed by atoms with Gasteiger partial charge in [0.25, 0.3) is 0 Å². The molecule has 6 nitrogen and oxygen atoms in total. The summed E-state index contributed by atoms with van der Waals surface area (Å²) in [5.74, 6) is -0.0665. The Hall–Kier alpha value is -2.70. The normalized spacial score (nSPS) is 17.0. The highest BCUT2D eigenvalue weighted by atomic mass is 35.5. The molecule has 1 aliphatic heterocycles. The zero-order chi connectivity index (χ0) is 19.5. The van der Waals surface area contributed by atoms with Gasteiger partial charge in [0, 0.05) is 11.1 Å². The molecule has 4 rings (SSSR count). The lowest BCUT2D eigenvalue weighted by Crippen LogP contribution is -2.33. The topological polar surface area (TPSA) is 63.1 Å². The number of carbonyl (C=O) groups excluding carboxylic acids is 1. The molecule has 1 unspecified atom stereocenters. The number of aromatic nitrogens is 3. The fourth-order valence-electron chi connectivity index (χ4n) is 3.79. The Morgan fingerprint density at radius 2 is 2.18 bits per heavy atom. The van der Waals surface area contributed by atoms with Crippen LogP contribution in [-0.2, 0) is 4.79 Å². The number of nitrogens with zero attached hydrogens (tertiary/aromatic N) is 4. The van der Waals surface area contributed by atoms with Gasteiger partial charge in [-0.05, 0) is 50.1 Å². The monoisotopic (exact) mass is 395 g/mol. The molecule has 28 heavy (non-hydrogen) atoms. The lowest BCUT2D eigenvalue weighted by atomic mass is 10.0. The van der Waals surface area contributed by atoms with E-state index in [4.69, 9.17) is 11.6 Å². The van der Waals surface area contributed by atoms with E-state index < -0.39 is 0 Å². The second-order valence-corrected chi connectivity index (χ2v) is 7.53. The number of halogens is 1. The van der Waals surface area contributed by atoms with Gasteiger partial charge in [0.2, 0.25) is 5.91 Å². The first-order chi connectivity index (χ1) is 13.6. The molecule has 0 spiro atoms. The van der Waals surface area contributed by atoms with E-state index in [1.807, 2.05) is 6.07 Å². The van der Waals surface area contributed by atoms with Gasteiger partial charge in [-0.2, -0.15) is 5.10 Å². The number of amides is 1. The molecule has 1 N–H and O–H groups in total. The second kappa shape index (κ2) is 8.12. The van der Waals surface area contributed by atoms with E-state index >= 15 is 0 Å². The van der Waals surface area contributed by atoms with Crippen molar-refractivity contribution in [1.29, 1.82) is 0 Å². The standard InChI is InChI=1S/C21H22ClN5O/c1-15-4-2-5-16(10-15)19-6-3-9-26(19)12-21(28)25-18-11-17(22)7-8-20(18)27-14-23-13-24-27/h2,4-5,7-8,10-11,13-14,19H,3,6,9,12H2,1H3,(H,25,28). The van der Waals surface area contributed by atoms with Crippen LogP contribution in [-0.4, -0.2) is 38.7 Å². The summed E-state index contributed by atoms with van der Waals surface area (Å²) in [5, 5.41) is 7.70. The fraction of sp³-hybridized carbons (Fsp3) is 0.286. The van der Waals surface area contributed by atoms with Crippen molar-refractivity contribution in [3.63, 3.8) is 0 Å². The summed E-state index contributed by atoms with van der Waals surface area (Å²) in [7, 11) is 0. The maximum Gasteiger partial charge on any atom is 0.238 e. The summed E-state index contributed by atoms with van der Waals surface area (Å²) in [6.07, 6.45) is 5.20. The smallest absolute Gasteiger partial charge is 0.238 e. The number of hydrogen-bond donors (Lipinski definition) is 1. The molecular formula is C21H22ClN5O. The minimum atomic E-state index is -0.0665. The van der Waals surface area contributed by atoms with E-state index in [1.54, 1.807) is 23.1 Å². The third-order valence-electron chi connectivity index (χ3n) is 5.04. The SMILES string of the molecule is Cc1cccc(C2CCCN2CC(=O)Nc2cc(Cl)ccc2-n2cncn2)c1. The van der Waals surface area contributed by atoms with Crippen LogP contribution < -0.4 is 5.32 Å². The Bertz CT molecular complexity index is 973. The van der Waals surface area contributed by atoms with Crippen molar-refractivity contribution in [3.05, 3.63) is 71.3 Å². The molecule has 2 heterocycles. The molecule has 0 saturated carbocycles. The average molecular weight is 396 g/mol. The van der Waals surface area contributed by atoms with Crippen molar-refractivity contribution in [1.82, 2.24) is 19.7 Å². The Balaban J connectivity index is 1.50. The molecule has 7 heteroatoms. The van der Waals surface area contributed by atoms with Gasteiger partial charge in [-0.1, -0.05) is 41.4 Å². The van der Waals surface area contributed by atoms with Crippen molar-refractivity contribution in [2.75, 3.05) is 18.4 Å². The molecule has 3 aromatic rings. The molecule has 1 amide bonds. The highest BCUT2D eigenvalue weighted by Gasteiger charge is 2.27. The van der Waals surface area contributed by atoms with Gasteiger partial charge >= 0.3 is 0 Å². The van der Waals surface area contributed by atoms with Crippen LogP contribution >= 0.6 is 11.6 Å². The number of likely N-dealkylation sites (tertiary alicyclic amines) is 1. The first kappa shape index (κ1) is 18.7. The molecule has 1 atom stereocenters. The average Bonchev–Trinajstić information content (AvgIpc) is 3.34. The summed E-state index contributed by atoms with van der Waals surface area (Å²) in [4.78, 5) is 19.0. The number of anilines is 1. The minimum Gasteiger partial charge on any atom is -0.323 e. The van der Waals surface area contributed by atoms with Gasteiger partial charge in [0.05, 0.1) is 17.9 Å². The number of aryl methyl sites for hydroxylation is 1. The van der Waals surface area contributed by atoms with Gasteiger partial charge in [0.1, 0.15) is 12.7 Å². The summed E-state index contributed by atoms with van der Waals surface area (Å²) < 4.78 is 1.61. The first-order valence-electron chi connectivity index (χ1n) is 9.35. The summed E-state index contributed by atoms with van der Waals surface area (Å²) in [6.45, 7) is 3.35. The molecule has 1 aromatic heterocycles. The highest BCUT2D eigenvalue weighted by molar-refractivity contribution is 6.31. The van der Waals surface area contributed by atoms with Gasteiger partial charge < -0.3 is 5.32 Å². The van der Waals surface area contributed by atoms with Gasteiger partial charge in [-0.3, -0.25) is 9.69 Å². The predicted octanol–water partition coefficient (Wildman–Crippen LogP) is 4.00. The summed E-state index contributed by atoms with van der Waals surface area (Å²) in [6, 6.07) is 14.1. The molecule has 1 aliphatic rings. The molecule has 2 aromatic carbocycles. The number of nitrogens with one attached hydrogen (secondary N) is 1. The zero-order valence-electron chi connectivity index (χ0n) is 15.7. The van der Waals surface area contributed by atoms with Crippen LogP contribution in [0.5, 0.6) is 0 Å². The van der Waals surface area contributed by atoms with Crippen molar-refractivity contribution < 1.29 is 4.79 Å². The Morgan fingerprint density at radius 3 is 2.96 bits per heavy atom. The minimum absolute atomic E-state index is 0.0665. The summed E-state index contributed by atoms with van der Waals surface area (Å²) in [5.41, 5.74) is 3.86. The first-order valence-corrected chi connectivity index (χ1v) is 9.73. The molecule has 0 aliphatic carbocycles. The number of hydrogen-bond acceptors (Lipinski definition) is 4. The summed E-state index contributed by atoms with van der Waals surface area (Å²) >= 11 is 6.14. The van der Waals surface area contributed by atoms with E-state index in [0.717, 1.165) is 25.1 Å². The highest BCUT2D eigenvalue weighted by Crippen LogP contribution is 2.32. The van der Waals surface area contributed by atoms with Crippen molar-refractivity contribution in [2.24, 2.45) is 0 Å². The Kier molecular flexibility index (Phi) is 5.41. The van der Waals surface area contributed by atoms with Crippen LogP contribution in [0.3, 0.4) is 0 Å². The number of benzene rings is 2. The molecule has 1 saturated heterocycles. The lowest BCUT2D eigenvalue weighted by molar-refractivity contribution is -0.117. The maximum atomic E-state index is 12.8. The molecule has 1 fully saturated rings. The zero-order valence-corrected chi connectivity index (χ0v) is 16.4. The predicted molar refractivity (Wildman–Crippen MR) is 110 cm³/mol. The Morgan fingerprint density at radius 1 is 1.29 bits per heavy atom. The van der Waals surface area contributed by atoms with Crippen LogP contribution in [0.4, 0.5) is 5.69 Å². The third-order valence-corrected chi connectivity index (χ3v) is 5.27. The van der Waals surface area contributed by atoms with Crippen LogP contribution in [0, 0.1) is 6.92 Å². The van der Waals surface area contributed by atoms with E-state index in [2.05, 4.69) is 51.5 Å². The van der Waals surface area contributed by atoms with Gasteiger partial charge in [-0.15, -0.1) is 0 Å². The van der Waals surface area contributed by atoms with E-state index in [1.165, 1.54) is 17.5 Å². The molecular weight excluding hydrogens is 374 g/mol. The fourth-order valence-corrected chi connectivity index (χ4v) is 3.96. The van der Waals surface area contributed by atoms with Crippen LogP contribution in [0.1, 0.15) is 30.0 Å². The second-order valence-electron chi connectivity index (χ2n) is 7.09. The number of rotatable bonds is 5. The van der Waals surface area contributed by atoms with Gasteiger partial charge in [-0.25, -0.2) is 9.67 Å². The quantitative estimate of drug-likeness (QED) is 0.709. The molecule has 0 bridgehead atoms. The van der Waals surface area contributed by atoms with Crippen molar-refractivity contribution >= 4 is 23.2 Å². The van der Waals surface area contributed by atoms with Gasteiger partial charge in [0.15, 0.2) is 0 Å². The van der Waals surface area contributed by atoms with E-state index in [-0.39, 0.29) is 11.9 Å². The molecule has 0 radical (unpaired) electrons. The molecule has 144 valence electrons. The van der Waals surface area contributed by atoms with E-state index in [9.17, 15) is 4.79 Å². The van der Waals surface area contributed by atoms with Crippen molar-refractivity contribution in [2.45, 2.75) is 25.8 Å². The number of carbonyl (C=O) groups is 1. The van der Waals surface area contributed by atoms with Crippen LogP contribution in [0.15, 0.2) is 55.1 Å². The Labute approximate surface area is 169 Å². The van der Waals surface area contributed by atoms with E-state index in [0.29, 0.717) is 17.3 Å². The maximum absolute atomic E-state index is 12.8. The van der Waals surface area contributed by atoms with Crippen molar-refractivity contribution in [3.8, 4) is 5.69 Å². The van der Waals surface area contributed by atoms with Crippen LogP contribution in [0.2, 0.25) is 5.02 Å².